The standard InChI is InChI=1S/C23H22FN3O2/c1-15-10-16(8-9-21(15)28-2)23(14-29-22(25)27-23)17-11-18(24)13-20(12-17)26-19-6-4-3-5-7-19/h3-13,26H,14H2,1-2H3,(H2,25,27). The number of nitrogens with one attached hydrogen (secondary N) is 1. The number of para-hydroxylation sites is 1. The van der Waals surface area contributed by atoms with Gasteiger partial charge in [0.25, 0.3) is 6.02 Å². The number of amidine groups is 1. The molecule has 1 atom stereocenters. The van der Waals surface area contributed by atoms with Gasteiger partial charge in [-0.2, -0.15) is 0 Å². The quantitative estimate of drug-likeness (QED) is 0.673. The smallest absolute Gasteiger partial charge is 0.283 e. The van der Waals surface area contributed by atoms with E-state index in [2.05, 4.69) is 10.3 Å². The number of benzene rings is 3. The summed E-state index contributed by atoms with van der Waals surface area (Å²) in [6.07, 6.45) is 0. The van der Waals surface area contributed by atoms with Gasteiger partial charge in [0.1, 0.15) is 18.2 Å². The van der Waals surface area contributed by atoms with Crippen molar-refractivity contribution in [3.63, 3.8) is 0 Å². The number of anilines is 2. The maximum Gasteiger partial charge on any atom is 0.283 e. The second kappa shape index (κ2) is 7.47. The summed E-state index contributed by atoms with van der Waals surface area (Å²) in [4.78, 5) is 4.58. The van der Waals surface area contributed by atoms with Crippen LogP contribution in [0.5, 0.6) is 5.75 Å². The maximum absolute atomic E-state index is 14.6. The molecule has 0 fully saturated rings. The predicted octanol–water partition coefficient (Wildman–Crippen LogP) is 4.47. The van der Waals surface area contributed by atoms with Crippen LogP contribution in [-0.4, -0.2) is 19.7 Å². The zero-order chi connectivity index (χ0) is 20.4. The van der Waals surface area contributed by atoms with E-state index in [-0.39, 0.29) is 18.4 Å². The van der Waals surface area contributed by atoms with Crippen LogP contribution in [0.4, 0.5) is 15.8 Å². The topological polar surface area (TPSA) is 68.9 Å². The molecule has 6 heteroatoms. The van der Waals surface area contributed by atoms with Gasteiger partial charge >= 0.3 is 0 Å². The lowest BCUT2D eigenvalue weighted by Crippen LogP contribution is -2.27. The Morgan fingerprint density at radius 3 is 2.48 bits per heavy atom. The number of hydrogen-bond acceptors (Lipinski definition) is 5. The summed E-state index contributed by atoms with van der Waals surface area (Å²) in [6.45, 7) is 2.14. The van der Waals surface area contributed by atoms with E-state index in [4.69, 9.17) is 15.2 Å². The summed E-state index contributed by atoms with van der Waals surface area (Å²) >= 11 is 0. The van der Waals surface area contributed by atoms with Crippen molar-refractivity contribution in [3.8, 4) is 5.75 Å². The fourth-order valence-corrected chi connectivity index (χ4v) is 3.62. The van der Waals surface area contributed by atoms with Crippen molar-refractivity contribution in [1.82, 2.24) is 0 Å². The Labute approximate surface area is 169 Å². The van der Waals surface area contributed by atoms with Crippen LogP contribution in [0.1, 0.15) is 16.7 Å². The lowest BCUT2D eigenvalue weighted by atomic mass is 9.83. The van der Waals surface area contributed by atoms with Crippen LogP contribution in [0.3, 0.4) is 0 Å². The molecular formula is C23H22FN3O2. The molecule has 3 aromatic carbocycles. The molecule has 4 rings (SSSR count). The molecule has 0 aromatic heterocycles. The Balaban J connectivity index is 1.81. The largest absolute Gasteiger partial charge is 0.496 e. The van der Waals surface area contributed by atoms with Gasteiger partial charge in [0, 0.05) is 11.4 Å². The third-order valence-electron chi connectivity index (χ3n) is 5.04. The van der Waals surface area contributed by atoms with E-state index in [9.17, 15) is 4.39 Å². The average molecular weight is 391 g/mol. The predicted molar refractivity (Wildman–Crippen MR) is 112 cm³/mol. The molecule has 0 saturated carbocycles. The van der Waals surface area contributed by atoms with Gasteiger partial charge in [0.15, 0.2) is 5.54 Å². The molecular weight excluding hydrogens is 369 g/mol. The van der Waals surface area contributed by atoms with Crippen LogP contribution in [0.15, 0.2) is 71.7 Å². The highest BCUT2D eigenvalue weighted by Crippen LogP contribution is 2.40. The van der Waals surface area contributed by atoms with Crippen molar-refractivity contribution < 1.29 is 13.9 Å². The number of ether oxygens (including phenoxy) is 2. The number of nitrogens with two attached hydrogens (primary N) is 1. The third kappa shape index (κ3) is 3.61. The number of methoxy groups -OCH3 is 1. The highest BCUT2D eigenvalue weighted by molar-refractivity contribution is 5.75. The number of hydrogen-bond donors (Lipinski definition) is 2. The molecule has 1 aliphatic rings. The van der Waals surface area contributed by atoms with E-state index in [0.717, 1.165) is 22.6 Å². The van der Waals surface area contributed by atoms with Crippen LogP contribution in [0.2, 0.25) is 0 Å². The monoisotopic (exact) mass is 391 g/mol. The zero-order valence-corrected chi connectivity index (χ0v) is 16.3. The Bertz CT molecular complexity index is 1070. The molecule has 148 valence electrons. The Kier molecular flexibility index (Phi) is 4.84. The van der Waals surface area contributed by atoms with Gasteiger partial charge in [-0.15, -0.1) is 0 Å². The van der Waals surface area contributed by atoms with E-state index in [1.165, 1.54) is 12.1 Å². The second-order valence-electron chi connectivity index (χ2n) is 7.00. The summed E-state index contributed by atoms with van der Waals surface area (Å²) in [5, 5.41) is 3.24. The number of rotatable bonds is 5. The number of nitrogens with zero attached hydrogens (tertiary/aromatic N) is 1. The SMILES string of the molecule is COc1ccc(C2(c3cc(F)cc(Nc4ccccc4)c3)COC(N)=N2)cc1C. The van der Waals surface area contributed by atoms with E-state index in [1.54, 1.807) is 7.11 Å². The average Bonchev–Trinajstić information content (AvgIpc) is 3.11. The Morgan fingerprint density at radius 2 is 1.83 bits per heavy atom. The molecule has 0 amide bonds. The van der Waals surface area contributed by atoms with Crippen LogP contribution < -0.4 is 15.8 Å². The first kappa shape index (κ1) is 18.8. The molecule has 5 nitrogen and oxygen atoms in total. The third-order valence-corrected chi connectivity index (χ3v) is 5.04. The van der Waals surface area contributed by atoms with Gasteiger partial charge in [-0.1, -0.05) is 24.3 Å². The number of aryl methyl sites for hydroxylation is 1. The number of aliphatic imine (C=N–C) groups is 1. The molecule has 29 heavy (non-hydrogen) atoms. The van der Waals surface area contributed by atoms with E-state index >= 15 is 0 Å². The molecule has 0 bridgehead atoms. The molecule has 3 aromatic rings. The van der Waals surface area contributed by atoms with Gasteiger partial charge in [0.2, 0.25) is 0 Å². The van der Waals surface area contributed by atoms with Crippen LogP contribution in [0, 0.1) is 12.7 Å². The van der Waals surface area contributed by atoms with Gasteiger partial charge in [-0.05, 0) is 66.1 Å². The first-order valence-corrected chi connectivity index (χ1v) is 9.26. The molecule has 1 unspecified atom stereocenters. The van der Waals surface area contributed by atoms with Crippen LogP contribution in [-0.2, 0) is 10.3 Å². The summed E-state index contributed by atoms with van der Waals surface area (Å²) in [5.41, 5.74) is 8.88. The summed E-state index contributed by atoms with van der Waals surface area (Å²) in [7, 11) is 1.63. The van der Waals surface area contributed by atoms with Crippen molar-refractivity contribution in [2.45, 2.75) is 12.5 Å². The highest BCUT2D eigenvalue weighted by atomic mass is 19.1. The van der Waals surface area contributed by atoms with Crippen LogP contribution in [0.25, 0.3) is 0 Å². The van der Waals surface area contributed by atoms with Crippen LogP contribution >= 0.6 is 0 Å². The molecule has 1 heterocycles. The summed E-state index contributed by atoms with van der Waals surface area (Å²) < 4.78 is 25.5. The van der Waals surface area contributed by atoms with Crippen molar-refractivity contribution in [3.05, 3.63) is 89.2 Å². The van der Waals surface area contributed by atoms with Crippen molar-refractivity contribution in [1.29, 1.82) is 0 Å². The fourth-order valence-electron chi connectivity index (χ4n) is 3.62. The van der Waals surface area contributed by atoms with Gasteiger partial charge in [0.05, 0.1) is 7.11 Å². The molecule has 0 radical (unpaired) electrons. The lowest BCUT2D eigenvalue weighted by molar-refractivity contribution is 0.278. The minimum atomic E-state index is -0.934. The van der Waals surface area contributed by atoms with Crippen molar-refractivity contribution >= 4 is 17.4 Å². The van der Waals surface area contributed by atoms with Gasteiger partial charge < -0.3 is 20.5 Å². The molecule has 0 spiro atoms. The Hall–Kier alpha value is -3.54. The maximum atomic E-state index is 14.6. The van der Waals surface area contributed by atoms with Gasteiger partial charge in [-0.25, -0.2) is 9.38 Å². The lowest BCUT2D eigenvalue weighted by Gasteiger charge is -2.27. The van der Waals surface area contributed by atoms with Crippen molar-refractivity contribution in [2.24, 2.45) is 10.7 Å². The normalized spacial score (nSPS) is 18.1. The first-order valence-electron chi connectivity index (χ1n) is 9.26. The molecule has 0 saturated heterocycles. The van der Waals surface area contributed by atoms with E-state index in [0.29, 0.717) is 11.3 Å². The van der Waals surface area contributed by atoms with Gasteiger partial charge in [-0.3, -0.25) is 0 Å². The first-order chi connectivity index (χ1) is 14.0. The summed E-state index contributed by atoms with van der Waals surface area (Å²) in [6, 6.07) is 20.2. The van der Waals surface area contributed by atoms with E-state index < -0.39 is 5.54 Å². The molecule has 0 aliphatic carbocycles. The Morgan fingerprint density at radius 1 is 1.03 bits per heavy atom. The summed E-state index contributed by atoms with van der Waals surface area (Å²) in [5.74, 6) is 0.400. The fraction of sp³-hybridized carbons (Fsp3) is 0.174. The highest BCUT2D eigenvalue weighted by Gasteiger charge is 2.41. The minimum absolute atomic E-state index is 0.0836. The van der Waals surface area contributed by atoms with E-state index in [1.807, 2.05) is 61.5 Å². The number of halogens is 1. The molecule has 3 N–H and O–H groups in total. The minimum Gasteiger partial charge on any atom is -0.496 e. The molecule has 1 aliphatic heterocycles. The zero-order valence-electron chi connectivity index (χ0n) is 16.3. The van der Waals surface area contributed by atoms with Crippen molar-refractivity contribution in [2.75, 3.05) is 19.0 Å². The second-order valence-corrected chi connectivity index (χ2v) is 7.00.